The molecule has 2 aliphatic heterocycles. The van der Waals surface area contributed by atoms with E-state index in [4.69, 9.17) is 5.73 Å². The van der Waals surface area contributed by atoms with E-state index in [1.165, 1.54) is 0 Å². The molecule has 2 atom stereocenters. The van der Waals surface area contributed by atoms with Crippen LogP contribution in [0.3, 0.4) is 0 Å². The van der Waals surface area contributed by atoms with Gasteiger partial charge in [0.25, 0.3) is 0 Å². The number of hydrogen-bond donors (Lipinski definition) is 2. The van der Waals surface area contributed by atoms with Crippen LogP contribution in [0, 0.1) is 0 Å². The number of carbonyl (C=O) groups is 1. The average Bonchev–Trinajstić information content (AvgIpc) is 2.65. The first-order valence-corrected chi connectivity index (χ1v) is 7.05. The molecule has 4 nitrogen and oxygen atoms in total. The summed E-state index contributed by atoms with van der Waals surface area (Å²) >= 11 is 0. The molecule has 0 radical (unpaired) electrons. The van der Waals surface area contributed by atoms with Gasteiger partial charge in [0.05, 0.1) is 11.4 Å². The van der Waals surface area contributed by atoms with Crippen molar-refractivity contribution in [2.45, 2.75) is 50.7 Å². The zero-order valence-electron chi connectivity index (χ0n) is 11.3. The van der Waals surface area contributed by atoms with Crippen LogP contribution in [0.4, 0.5) is 11.4 Å². The van der Waals surface area contributed by atoms with Crippen molar-refractivity contribution in [3.05, 3.63) is 24.3 Å². The molecular formula is C15H21N3O. The normalized spacial score (nSPS) is 29.3. The molecule has 4 heteroatoms. The quantitative estimate of drug-likeness (QED) is 0.801. The van der Waals surface area contributed by atoms with E-state index in [1.807, 2.05) is 24.3 Å². The largest absolute Gasteiger partial charge is 0.397 e. The van der Waals surface area contributed by atoms with Gasteiger partial charge in [-0.15, -0.1) is 0 Å². The molecule has 3 N–H and O–H groups in total. The molecule has 1 aromatic carbocycles. The molecule has 2 heterocycles. The Hall–Kier alpha value is -1.71. The summed E-state index contributed by atoms with van der Waals surface area (Å²) in [5.41, 5.74) is 7.78. The number of nitrogens with zero attached hydrogens (tertiary/aromatic N) is 1. The van der Waals surface area contributed by atoms with E-state index in [0.717, 1.165) is 37.1 Å². The summed E-state index contributed by atoms with van der Waals surface area (Å²) in [4.78, 5) is 13.8. The lowest BCUT2D eigenvalue weighted by Gasteiger charge is -2.39. The maximum atomic E-state index is 11.7. The summed E-state index contributed by atoms with van der Waals surface area (Å²) in [6.07, 6.45) is 4.36. The van der Waals surface area contributed by atoms with Gasteiger partial charge in [-0.3, -0.25) is 4.79 Å². The first kappa shape index (κ1) is 12.3. The molecule has 0 saturated carbocycles. The molecular weight excluding hydrogens is 238 g/mol. The van der Waals surface area contributed by atoms with E-state index in [1.54, 1.807) is 6.92 Å². The minimum Gasteiger partial charge on any atom is -0.397 e. The van der Waals surface area contributed by atoms with Gasteiger partial charge in [-0.2, -0.15) is 0 Å². The number of para-hydroxylation sites is 2. The van der Waals surface area contributed by atoms with Crippen molar-refractivity contribution in [3.63, 3.8) is 0 Å². The Balaban J connectivity index is 1.70. The molecule has 102 valence electrons. The average molecular weight is 259 g/mol. The molecule has 3 rings (SSSR count). The van der Waals surface area contributed by atoms with Gasteiger partial charge in [-0.25, -0.2) is 0 Å². The van der Waals surface area contributed by atoms with E-state index in [9.17, 15) is 4.79 Å². The molecule has 2 bridgehead atoms. The number of fused-ring (bicyclic) bond motifs is 2. The molecule has 1 aromatic rings. The van der Waals surface area contributed by atoms with Gasteiger partial charge in [0.1, 0.15) is 0 Å². The minimum absolute atomic E-state index is 0.227. The summed E-state index contributed by atoms with van der Waals surface area (Å²) in [5.74, 6) is 0.227. The highest BCUT2D eigenvalue weighted by molar-refractivity contribution is 5.74. The smallest absolute Gasteiger partial charge is 0.219 e. The predicted octanol–water partition coefficient (Wildman–Crippen LogP) is 2.22. The van der Waals surface area contributed by atoms with E-state index in [-0.39, 0.29) is 5.91 Å². The summed E-state index contributed by atoms with van der Waals surface area (Å²) in [6.45, 7) is 1.69. The van der Waals surface area contributed by atoms with Gasteiger partial charge in [0, 0.05) is 25.0 Å². The molecule has 2 aliphatic rings. The lowest BCUT2D eigenvalue weighted by atomic mass is 9.97. The van der Waals surface area contributed by atoms with E-state index < -0.39 is 0 Å². The molecule has 0 aliphatic carbocycles. The fraction of sp³-hybridized carbons (Fsp3) is 0.533. The van der Waals surface area contributed by atoms with Crippen molar-refractivity contribution in [1.29, 1.82) is 0 Å². The first-order chi connectivity index (χ1) is 9.15. The maximum Gasteiger partial charge on any atom is 0.219 e. The van der Waals surface area contributed by atoms with Crippen LogP contribution in [-0.4, -0.2) is 28.9 Å². The number of nitrogens with two attached hydrogens (primary N) is 1. The van der Waals surface area contributed by atoms with E-state index in [2.05, 4.69) is 10.2 Å². The number of anilines is 2. The number of rotatable bonds is 2. The van der Waals surface area contributed by atoms with Crippen molar-refractivity contribution in [2.75, 3.05) is 11.1 Å². The highest BCUT2D eigenvalue weighted by atomic mass is 16.2. The Morgan fingerprint density at radius 1 is 1.26 bits per heavy atom. The number of nitrogen functional groups attached to an aromatic ring is 1. The van der Waals surface area contributed by atoms with Crippen LogP contribution >= 0.6 is 0 Å². The first-order valence-electron chi connectivity index (χ1n) is 7.05. The topological polar surface area (TPSA) is 58.4 Å². The number of piperidine rings is 1. The second-order valence-corrected chi connectivity index (χ2v) is 5.71. The SMILES string of the molecule is CC(=O)N1C2CCC1CC(Nc1ccccc1N)C2. The highest BCUT2D eigenvalue weighted by Gasteiger charge is 2.41. The fourth-order valence-electron chi connectivity index (χ4n) is 3.66. The van der Waals surface area contributed by atoms with Crippen LogP contribution in [0.2, 0.25) is 0 Å². The van der Waals surface area contributed by atoms with Crippen LogP contribution in [0.1, 0.15) is 32.6 Å². The lowest BCUT2D eigenvalue weighted by molar-refractivity contribution is -0.133. The second kappa shape index (κ2) is 4.76. The van der Waals surface area contributed by atoms with Gasteiger partial charge in [0.15, 0.2) is 0 Å². The highest BCUT2D eigenvalue weighted by Crippen LogP contribution is 2.37. The molecule has 2 fully saturated rings. The summed E-state index contributed by atoms with van der Waals surface area (Å²) in [6, 6.07) is 9.15. The van der Waals surface area contributed by atoms with Crippen LogP contribution in [-0.2, 0) is 4.79 Å². The number of amides is 1. The summed E-state index contributed by atoms with van der Waals surface area (Å²) < 4.78 is 0. The Labute approximate surface area is 114 Å². The standard InChI is InChI=1S/C15H21N3O/c1-10(19)18-12-6-7-13(18)9-11(8-12)17-15-5-3-2-4-14(15)16/h2-5,11-13,17H,6-9,16H2,1H3. The van der Waals surface area contributed by atoms with Gasteiger partial charge >= 0.3 is 0 Å². The van der Waals surface area contributed by atoms with Gasteiger partial charge in [-0.05, 0) is 37.8 Å². The molecule has 1 amide bonds. The maximum absolute atomic E-state index is 11.7. The zero-order valence-corrected chi connectivity index (χ0v) is 11.3. The molecule has 0 spiro atoms. The lowest BCUT2D eigenvalue weighted by Crippen LogP contribution is -2.48. The molecule has 19 heavy (non-hydrogen) atoms. The second-order valence-electron chi connectivity index (χ2n) is 5.71. The Morgan fingerprint density at radius 2 is 1.89 bits per heavy atom. The van der Waals surface area contributed by atoms with Crippen LogP contribution < -0.4 is 11.1 Å². The third-order valence-corrected chi connectivity index (χ3v) is 4.42. The third kappa shape index (κ3) is 2.27. The van der Waals surface area contributed by atoms with Crippen molar-refractivity contribution in [2.24, 2.45) is 0 Å². The van der Waals surface area contributed by atoms with Crippen molar-refractivity contribution < 1.29 is 4.79 Å². The molecule has 0 aromatic heterocycles. The zero-order chi connectivity index (χ0) is 13.4. The predicted molar refractivity (Wildman–Crippen MR) is 76.8 cm³/mol. The number of benzene rings is 1. The van der Waals surface area contributed by atoms with Crippen molar-refractivity contribution in [3.8, 4) is 0 Å². The number of hydrogen-bond acceptors (Lipinski definition) is 3. The van der Waals surface area contributed by atoms with Crippen molar-refractivity contribution >= 4 is 17.3 Å². The van der Waals surface area contributed by atoms with E-state index in [0.29, 0.717) is 18.1 Å². The van der Waals surface area contributed by atoms with Gasteiger partial charge < -0.3 is 16.0 Å². The van der Waals surface area contributed by atoms with Crippen LogP contribution in [0.5, 0.6) is 0 Å². The van der Waals surface area contributed by atoms with E-state index >= 15 is 0 Å². The Morgan fingerprint density at radius 3 is 2.47 bits per heavy atom. The molecule has 2 unspecified atom stereocenters. The molecule has 2 saturated heterocycles. The minimum atomic E-state index is 0.227. The van der Waals surface area contributed by atoms with Crippen molar-refractivity contribution in [1.82, 2.24) is 4.90 Å². The Kier molecular flexibility index (Phi) is 3.09. The monoisotopic (exact) mass is 259 g/mol. The number of nitrogens with one attached hydrogen (secondary N) is 1. The summed E-state index contributed by atoms with van der Waals surface area (Å²) in [7, 11) is 0. The van der Waals surface area contributed by atoms with Crippen LogP contribution in [0.25, 0.3) is 0 Å². The fourth-order valence-corrected chi connectivity index (χ4v) is 3.66. The van der Waals surface area contributed by atoms with Gasteiger partial charge in [0.2, 0.25) is 5.91 Å². The summed E-state index contributed by atoms with van der Waals surface area (Å²) in [5, 5.41) is 3.55. The number of carbonyl (C=O) groups excluding carboxylic acids is 1. The third-order valence-electron chi connectivity index (χ3n) is 4.42. The Bertz CT molecular complexity index is 474. The van der Waals surface area contributed by atoms with Gasteiger partial charge in [-0.1, -0.05) is 12.1 Å². The van der Waals surface area contributed by atoms with Crippen LogP contribution in [0.15, 0.2) is 24.3 Å².